The van der Waals surface area contributed by atoms with Gasteiger partial charge in [0.05, 0.1) is 19.3 Å². The SMILES string of the molecule is COC(=O)[C@H](CC(C)C)NC(=O)C[C@@H]1CC[C@H]2O[C@@H]12. The Morgan fingerprint density at radius 2 is 2.11 bits per heavy atom. The summed E-state index contributed by atoms with van der Waals surface area (Å²) in [7, 11) is 1.35. The molecule has 19 heavy (non-hydrogen) atoms. The number of methoxy groups -OCH3 is 1. The van der Waals surface area contributed by atoms with Gasteiger partial charge in [-0.3, -0.25) is 4.79 Å². The van der Waals surface area contributed by atoms with E-state index >= 15 is 0 Å². The number of carbonyl (C=O) groups is 2. The first-order chi connectivity index (χ1) is 9.01. The lowest BCUT2D eigenvalue weighted by molar-refractivity contribution is -0.145. The minimum absolute atomic E-state index is 0.0720. The molecule has 0 spiro atoms. The van der Waals surface area contributed by atoms with Crippen LogP contribution in [0.3, 0.4) is 0 Å². The number of amides is 1. The van der Waals surface area contributed by atoms with E-state index in [9.17, 15) is 9.59 Å². The fourth-order valence-corrected chi connectivity index (χ4v) is 2.88. The Labute approximate surface area is 114 Å². The van der Waals surface area contributed by atoms with E-state index in [-0.39, 0.29) is 18.0 Å². The number of carbonyl (C=O) groups excluding carboxylic acids is 2. The molecule has 2 aliphatic rings. The predicted molar refractivity (Wildman–Crippen MR) is 69.4 cm³/mol. The molecule has 0 radical (unpaired) electrons. The van der Waals surface area contributed by atoms with Crippen molar-refractivity contribution >= 4 is 11.9 Å². The summed E-state index contributed by atoms with van der Waals surface area (Å²) in [6.07, 6.45) is 3.85. The maximum Gasteiger partial charge on any atom is 0.328 e. The van der Waals surface area contributed by atoms with Crippen LogP contribution < -0.4 is 5.32 Å². The van der Waals surface area contributed by atoms with Gasteiger partial charge in [-0.1, -0.05) is 13.8 Å². The van der Waals surface area contributed by atoms with Gasteiger partial charge in [-0.25, -0.2) is 4.79 Å². The van der Waals surface area contributed by atoms with Crippen LogP contribution in [0.2, 0.25) is 0 Å². The Bertz CT molecular complexity index is 355. The molecule has 0 aromatic rings. The van der Waals surface area contributed by atoms with Crippen molar-refractivity contribution in [3.63, 3.8) is 0 Å². The molecule has 0 aromatic carbocycles. The van der Waals surface area contributed by atoms with Crippen molar-refractivity contribution in [1.82, 2.24) is 5.32 Å². The molecular weight excluding hydrogens is 246 g/mol. The van der Waals surface area contributed by atoms with Gasteiger partial charge in [0, 0.05) is 6.42 Å². The molecule has 0 aromatic heterocycles. The second-order valence-corrected chi connectivity index (χ2v) is 5.95. The van der Waals surface area contributed by atoms with Crippen LogP contribution in [0.25, 0.3) is 0 Å². The Morgan fingerprint density at radius 1 is 1.37 bits per heavy atom. The maximum atomic E-state index is 12.0. The topological polar surface area (TPSA) is 67.9 Å². The largest absolute Gasteiger partial charge is 0.467 e. The first-order valence-electron chi connectivity index (χ1n) is 7.04. The smallest absolute Gasteiger partial charge is 0.328 e. The Kier molecular flexibility index (Phi) is 4.45. The molecule has 4 atom stereocenters. The molecule has 5 nitrogen and oxygen atoms in total. The lowest BCUT2D eigenvalue weighted by Gasteiger charge is -2.19. The third kappa shape index (κ3) is 3.69. The average molecular weight is 269 g/mol. The lowest BCUT2D eigenvalue weighted by atomic mass is 10.0. The molecule has 0 unspecified atom stereocenters. The minimum atomic E-state index is -0.533. The van der Waals surface area contributed by atoms with Crippen LogP contribution in [0.15, 0.2) is 0 Å². The zero-order valence-electron chi connectivity index (χ0n) is 11.8. The Morgan fingerprint density at radius 3 is 2.58 bits per heavy atom. The van der Waals surface area contributed by atoms with Crippen molar-refractivity contribution in [3.05, 3.63) is 0 Å². The van der Waals surface area contributed by atoms with Crippen molar-refractivity contribution in [1.29, 1.82) is 0 Å². The molecule has 1 aliphatic carbocycles. The highest BCUT2D eigenvalue weighted by atomic mass is 16.6. The molecule has 2 fully saturated rings. The molecular formula is C14H23NO4. The Balaban J connectivity index is 1.81. The van der Waals surface area contributed by atoms with Crippen molar-refractivity contribution in [2.24, 2.45) is 11.8 Å². The van der Waals surface area contributed by atoms with E-state index in [0.29, 0.717) is 30.8 Å². The highest BCUT2D eigenvalue weighted by molar-refractivity contribution is 5.84. The molecule has 1 saturated heterocycles. The fraction of sp³-hybridized carbons (Fsp3) is 0.857. The summed E-state index contributed by atoms with van der Waals surface area (Å²) in [5.74, 6) is 0.209. The van der Waals surface area contributed by atoms with Gasteiger partial charge in [-0.05, 0) is 31.1 Å². The average Bonchev–Trinajstić information content (AvgIpc) is 3.03. The third-order valence-electron chi connectivity index (χ3n) is 3.88. The molecule has 1 N–H and O–H groups in total. The van der Waals surface area contributed by atoms with E-state index in [4.69, 9.17) is 9.47 Å². The first-order valence-corrected chi connectivity index (χ1v) is 7.04. The van der Waals surface area contributed by atoms with Crippen molar-refractivity contribution in [2.45, 2.75) is 57.8 Å². The van der Waals surface area contributed by atoms with Gasteiger partial charge in [-0.15, -0.1) is 0 Å². The lowest BCUT2D eigenvalue weighted by Crippen LogP contribution is -2.43. The predicted octanol–water partition coefficient (Wildman–Crippen LogP) is 1.26. The molecule has 1 heterocycles. The number of hydrogen-bond donors (Lipinski definition) is 1. The number of rotatable bonds is 6. The van der Waals surface area contributed by atoms with Gasteiger partial charge >= 0.3 is 5.97 Å². The molecule has 0 bridgehead atoms. The summed E-state index contributed by atoms with van der Waals surface area (Å²) in [6, 6.07) is -0.533. The zero-order chi connectivity index (χ0) is 14.0. The standard InChI is InChI=1S/C14H23NO4/c1-8(2)6-10(14(17)18-3)15-12(16)7-9-4-5-11-13(9)19-11/h8-11,13H,4-7H2,1-3H3,(H,15,16)/t9-,10-,11+,13-/m0/s1. The second kappa shape index (κ2) is 5.90. The van der Waals surface area contributed by atoms with Crippen LogP contribution in [0, 0.1) is 11.8 Å². The number of nitrogens with one attached hydrogen (secondary N) is 1. The van der Waals surface area contributed by atoms with E-state index in [2.05, 4.69) is 5.32 Å². The maximum absolute atomic E-state index is 12.0. The number of epoxide rings is 1. The zero-order valence-corrected chi connectivity index (χ0v) is 11.8. The van der Waals surface area contributed by atoms with Crippen molar-refractivity contribution in [2.75, 3.05) is 7.11 Å². The molecule has 1 aliphatic heterocycles. The van der Waals surface area contributed by atoms with Crippen LogP contribution in [0.1, 0.15) is 39.5 Å². The second-order valence-electron chi connectivity index (χ2n) is 5.95. The van der Waals surface area contributed by atoms with Crippen molar-refractivity contribution < 1.29 is 19.1 Å². The quantitative estimate of drug-likeness (QED) is 0.582. The van der Waals surface area contributed by atoms with E-state index in [1.165, 1.54) is 7.11 Å². The summed E-state index contributed by atoms with van der Waals surface area (Å²) in [4.78, 5) is 23.6. The third-order valence-corrected chi connectivity index (χ3v) is 3.88. The summed E-state index contributed by atoms with van der Waals surface area (Å²) in [5, 5.41) is 2.80. The summed E-state index contributed by atoms with van der Waals surface area (Å²) in [5.41, 5.74) is 0. The summed E-state index contributed by atoms with van der Waals surface area (Å²) >= 11 is 0. The van der Waals surface area contributed by atoms with Crippen LogP contribution in [0.4, 0.5) is 0 Å². The van der Waals surface area contributed by atoms with Gasteiger partial charge < -0.3 is 14.8 Å². The molecule has 1 saturated carbocycles. The van der Waals surface area contributed by atoms with Crippen molar-refractivity contribution in [3.8, 4) is 0 Å². The number of ether oxygens (including phenoxy) is 2. The number of fused-ring (bicyclic) bond motifs is 1. The summed E-state index contributed by atoms with van der Waals surface area (Å²) in [6.45, 7) is 4.03. The van der Waals surface area contributed by atoms with Gasteiger partial charge in [0.1, 0.15) is 6.04 Å². The van der Waals surface area contributed by atoms with E-state index < -0.39 is 6.04 Å². The fourth-order valence-electron chi connectivity index (χ4n) is 2.88. The normalized spacial score (nSPS) is 29.8. The Hall–Kier alpha value is -1.10. The van der Waals surface area contributed by atoms with Crippen LogP contribution in [-0.2, 0) is 19.1 Å². The van der Waals surface area contributed by atoms with Gasteiger partial charge in [-0.2, -0.15) is 0 Å². The number of esters is 1. The van der Waals surface area contributed by atoms with E-state index in [1.54, 1.807) is 0 Å². The highest BCUT2D eigenvalue weighted by Gasteiger charge is 2.50. The van der Waals surface area contributed by atoms with Gasteiger partial charge in [0.15, 0.2) is 0 Å². The van der Waals surface area contributed by atoms with Crippen LogP contribution in [-0.4, -0.2) is 37.2 Å². The monoisotopic (exact) mass is 269 g/mol. The molecule has 108 valence electrons. The van der Waals surface area contributed by atoms with Gasteiger partial charge in [0.2, 0.25) is 5.91 Å². The first kappa shape index (κ1) is 14.3. The van der Waals surface area contributed by atoms with Crippen LogP contribution >= 0.6 is 0 Å². The van der Waals surface area contributed by atoms with Gasteiger partial charge in [0.25, 0.3) is 0 Å². The molecule has 1 amide bonds. The molecule has 2 rings (SSSR count). The highest BCUT2D eigenvalue weighted by Crippen LogP contribution is 2.44. The van der Waals surface area contributed by atoms with E-state index in [1.807, 2.05) is 13.8 Å². The van der Waals surface area contributed by atoms with Crippen LogP contribution in [0.5, 0.6) is 0 Å². The minimum Gasteiger partial charge on any atom is -0.467 e. The summed E-state index contributed by atoms with van der Waals surface area (Å²) < 4.78 is 10.2. The van der Waals surface area contributed by atoms with E-state index in [0.717, 1.165) is 12.8 Å². The number of hydrogen-bond acceptors (Lipinski definition) is 4. The molecule has 5 heteroatoms.